The number of aryl methyl sites for hydroxylation is 1. The quantitative estimate of drug-likeness (QED) is 0.803. The molecular weight excluding hydrogens is 227 g/mol. The van der Waals surface area contributed by atoms with Gasteiger partial charge in [-0.25, -0.2) is 0 Å². The Balaban J connectivity index is 2.40. The van der Waals surface area contributed by atoms with Crippen molar-refractivity contribution in [1.29, 1.82) is 0 Å². The molecule has 0 bridgehead atoms. The minimum atomic E-state index is -4.29. The van der Waals surface area contributed by atoms with Crippen LogP contribution in [0.15, 0.2) is 18.2 Å². The molecule has 1 aromatic carbocycles. The highest BCUT2D eigenvalue weighted by atomic mass is 19.4. The maximum absolute atomic E-state index is 12.8. The van der Waals surface area contributed by atoms with E-state index in [4.69, 9.17) is 5.73 Å². The Hall–Kier alpha value is -1.03. The summed E-state index contributed by atoms with van der Waals surface area (Å²) in [5.41, 5.74) is 6.19. The van der Waals surface area contributed by atoms with E-state index in [-0.39, 0.29) is 22.9 Å². The molecule has 0 saturated heterocycles. The van der Waals surface area contributed by atoms with Crippen LogP contribution in [0.25, 0.3) is 0 Å². The van der Waals surface area contributed by atoms with E-state index in [9.17, 15) is 13.2 Å². The maximum atomic E-state index is 12.8. The number of rotatable bonds is 1. The highest BCUT2D eigenvalue weighted by Crippen LogP contribution is 2.57. The lowest BCUT2D eigenvalue weighted by Crippen LogP contribution is -2.09. The number of hydrogen-bond acceptors (Lipinski definition) is 1. The van der Waals surface area contributed by atoms with Gasteiger partial charge in [0.1, 0.15) is 0 Å². The Kier molecular flexibility index (Phi) is 2.54. The van der Waals surface area contributed by atoms with Gasteiger partial charge in [0.05, 0.1) is 5.56 Å². The molecule has 1 aliphatic carbocycles. The topological polar surface area (TPSA) is 26.0 Å². The lowest BCUT2D eigenvalue weighted by molar-refractivity contribution is -0.138. The molecule has 0 unspecified atom stereocenters. The van der Waals surface area contributed by atoms with Crippen LogP contribution in [0.5, 0.6) is 0 Å². The molecule has 2 N–H and O–H groups in total. The Labute approximate surface area is 98.8 Å². The summed E-state index contributed by atoms with van der Waals surface area (Å²) in [6.07, 6.45) is -4.29. The van der Waals surface area contributed by atoms with Gasteiger partial charge in [-0.05, 0) is 29.5 Å². The number of benzene rings is 1. The van der Waals surface area contributed by atoms with E-state index in [0.29, 0.717) is 5.56 Å². The molecule has 0 radical (unpaired) electrons. The molecule has 0 aromatic heterocycles. The molecule has 1 saturated carbocycles. The fourth-order valence-corrected chi connectivity index (χ4v) is 2.45. The van der Waals surface area contributed by atoms with E-state index in [1.165, 1.54) is 19.1 Å². The van der Waals surface area contributed by atoms with E-state index in [2.05, 4.69) is 0 Å². The first kappa shape index (κ1) is 12.4. The Morgan fingerprint density at radius 2 is 1.76 bits per heavy atom. The van der Waals surface area contributed by atoms with Gasteiger partial charge in [-0.2, -0.15) is 13.2 Å². The number of hydrogen-bond donors (Lipinski definition) is 1. The SMILES string of the molecule is Cc1ccc([C@@H]2[C@@H](N)C2(C)C)cc1C(F)(F)F. The number of alkyl halides is 3. The zero-order valence-electron chi connectivity index (χ0n) is 10.1. The van der Waals surface area contributed by atoms with Crippen LogP contribution in [0.3, 0.4) is 0 Å². The predicted octanol–water partition coefficient (Wildman–Crippen LogP) is 3.46. The Morgan fingerprint density at radius 1 is 1.24 bits per heavy atom. The third-order valence-corrected chi connectivity index (χ3v) is 3.84. The molecular formula is C13H16F3N. The van der Waals surface area contributed by atoms with E-state index in [1.807, 2.05) is 13.8 Å². The fraction of sp³-hybridized carbons (Fsp3) is 0.538. The van der Waals surface area contributed by atoms with Crippen molar-refractivity contribution in [3.8, 4) is 0 Å². The van der Waals surface area contributed by atoms with Crippen molar-refractivity contribution in [2.45, 2.75) is 38.9 Å². The van der Waals surface area contributed by atoms with Crippen molar-refractivity contribution >= 4 is 0 Å². The van der Waals surface area contributed by atoms with E-state index < -0.39 is 11.7 Å². The summed E-state index contributed by atoms with van der Waals surface area (Å²) in [5, 5.41) is 0. The molecule has 1 aliphatic rings. The van der Waals surface area contributed by atoms with Gasteiger partial charge < -0.3 is 5.73 Å². The molecule has 94 valence electrons. The molecule has 2 atom stereocenters. The Bertz CT molecular complexity index is 448. The van der Waals surface area contributed by atoms with Crippen LogP contribution in [-0.2, 0) is 6.18 Å². The average molecular weight is 243 g/mol. The maximum Gasteiger partial charge on any atom is 0.416 e. The largest absolute Gasteiger partial charge is 0.416 e. The average Bonchev–Trinajstić information content (AvgIpc) is 2.66. The smallest absolute Gasteiger partial charge is 0.327 e. The molecule has 17 heavy (non-hydrogen) atoms. The van der Waals surface area contributed by atoms with E-state index in [1.54, 1.807) is 6.07 Å². The lowest BCUT2D eigenvalue weighted by Gasteiger charge is -2.12. The van der Waals surface area contributed by atoms with Crippen molar-refractivity contribution in [1.82, 2.24) is 0 Å². The van der Waals surface area contributed by atoms with Gasteiger partial charge >= 0.3 is 6.18 Å². The predicted molar refractivity (Wildman–Crippen MR) is 60.7 cm³/mol. The van der Waals surface area contributed by atoms with Crippen molar-refractivity contribution in [2.75, 3.05) is 0 Å². The van der Waals surface area contributed by atoms with Crippen LogP contribution < -0.4 is 5.73 Å². The zero-order chi connectivity index (χ0) is 13.0. The van der Waals surface area contributed by atoms with Gasteiger partial charge in [0.15, 0.2) is 0 Å². The van der Waals surface area contributed by atoms with Crippen molar-refractivity contribution in [2.24, 2.45) is 11.1 Å². The lowest BCUT2D eigenvalue weighted by atomic mass is 9.98. The third-order valence-electron chi connectivity index (χ3n) is 3.84. The summed E-state index contributed by atoms with van der Waals surface area (Å²) in [5.74, 6) is 0.0317. The second-order valence-electron chi connectivity index (χ2n) is 5.40. The first-order valence-corrected chi connectivity index (χ1v) is 5.59. The standard InChI is InChI=1S/C13H16F3N/c1-7-4-5-8(6-9(7)13(14,15)16)10-11(17)12(10,2)3/h4-6,10-11H,17H2,1-3H3/t10-,11-/m1/s1. The van der Waals surface area contributed by atoms with Crippen LogP contribution in [0.1, 0.15) is 36.5 Å². The van der Waals surface area contributed by atoms with Gasteiger partial charge in [-0.3, -0.25) is 0 Å². The molecule has 2 rings (SSSR count). The van der Waals surface area contributed by atoms with Gasteiger partial charge in [0.25, 0.3) is 0 Å². The summed E-state index contributed by atoms with van der Waals surface area (Å²) >= 11 is 0. The van der Waals surface area contributed by atoms with Gasteiger partial charge in [-0.1, -0.05) is 26.0 Å². The van der Waals surface area contributed by atoms with Gasteiger partial charge in [-0.15, -0.1) is 0 Å². The molecule has 1 nitrogen and oxygen atoms in total. The van der Waals surface area contributed by atoms with Gasteiger partial charge in [0.2, 0.25) is 0 Å². The molecule has 1 fully saturated rings. The highest BCUT2D eigenvalue weighted by molar-refractivity contribution is 5.40. The van der Waals surface area contributed by atoms with Crippen LogP contribution >= 0.6 is 0 Å². The minimum absolute atomic E-state index is 0.0317. The first-order chi connectivity index (χ1) is 7.65. The Morgan fingerprint density at radius 3 is 2.18 bits per heavy atom. The van der Waals surface area contributed by atoms with Crippen molar-refractivity contribution < 1.29 is 13.2 Å². The summed E-state index contributed by atoms with van der Waals surface area (Å²) in [6.45, 7) is 5.44. The van der Waals surface area contributed by atoms with E-state index in [0.717, 1.165) is 0 Å². The number of nitrogens with two attached hydrogens (primary N) is 1. The second-order valence-corrected chi connectivity index (χ2v) is 5.40. The summed E-state index contributed by atoms with van der Waals surface area (Å²) in [7, 11) is 0. The monoisotopic (exact) mass is 243 g/mol. The van der Waals surface area contributed by atoms with Crippen molar-refractivity contribution in [3.63, 3.8) is 0 Å². The van der Waals surface area contributed by atoms with Crippen molar-refractivity contribution in [3.05, 3.63) is 34.9 Å². The molecule has 0 aliphatic heterocycles. The first-order valence-electron chi connectivity index (χ1n) is 5.59. The van der Waals surface area contributed by atoms with Crippen LogP contribution in [0, 0.1) is 12.3 Å². The highest BCUT2D eigenvalue weighted by Gasteiger charge is 2.56. The van der Waals surface area contributed by atoms with Gasteiger partial charge in [0, 0.05) is 12.0 Å². The summed E-state index contributed by atoms with van der Waals surface area (Å²) < 4.78 is 38.3. The molecule has 0 amide bonds. The zero-order valence-corrected chi connectivity index (χ0v) is 10.1. The summed E-state index contributed by atoms with van der Waals surface area (Å²) in [4.78, 5) is 0. The third kappa shape index (κ3) is 1.95. The normalized spacial score (nSPS) is 27.0. The minimum Gasteiger partial charge on any atom is -0.327 e. The van der Waals surface area contributed by atoms with Crippen LogP contribution in [0.4, 0.5) is 13.2 Å². The fourth-order valence-electron chi connectivity index (χ4n) is 2.45. The van der Waals surface area contributed by atoms with Crippen LogP contribution in [0.2, 0.25) is 0 Å². The van der Waals surface area contributed by atoms with E-state index >= 15 is 0 Å². The number of halogens is 3. The summed E-state index contributed by atoms with van der Waals surface area (Å²) in [6, 6.07) is 4.48. The molecule has 0 heterocycles. The van der Waals surface area contributed by atoms with Crippen LogP contribution in [-0.4, -0.2) is 6.04 Å². The molecule has 0 spiro atoms. The molecule has 1 aromatic rings. The second kappa shape index (κ2) is 3.48. The molecule has 4 heteroatoms.